The molecule has 0 radical (unpaired) electrons. The lowest BCUT2D eigenvalue weighted by Crippen LogP contribution is -2.28. The number of aliphatic hydroxyl groups is 1. The van der Waals surface area contributed by atoms with Gasteiger partial charge in [0.1, 0.15) is 6.61 Å². The Morgan fingerprint density at radius 3 is 0.803 bits per heavy atom. The van der Waals surface area contributed by atoms with E-state index in [2.05, 4.69) is 184 Å². The highest BCUT2D eigenvalue weighted by Gasteiger charge is 2.16. The second-order valence-electron chi connectivity index (χ2n) is 19.7. The number of carbonyl (C=O) groups excluding carboxylic acids is 2. The van der Waals surface area contributed by atoms with Crippen LogP contribution in [0, 0.1) is 0 Å². The van der Waals surface area contributed by atoms with Crippen LogP contribution >= 0.6 is 0 Å². The van der Waals surface area contributed by atoms with Crippen LogP contribution in [0.4, 0.5) is 0 Å². The lowest BCUT2D eigenvalue weighted by molar-refractivity contribution is -0.161. The molecule has 0 amide bonds. The van der Waals surface area contributed by atoms with Gasteiger partial charge in [0.15, 0.2) is 6.10 Å². The van der Waals surface area contributed by atoms with Crippen LogP contribution in [0.1, 0.15) is 245 Å². The molecule has 0 aliphatic carbocycles. The minimum absolute atomic E-state index is 0.0899. The summed E-state index contributed by atoms with van der Waals surface area (Å²) in [4.78, 5) is 24.6. The number of carbonyl (C=O) groups is 2. The Labute approximate surface area is 468 Å². The summed E-state index contributed by atoms with van der Waals surface area (Å²) in [5, 5.41) is 9.67. The highest BCUT2D eigenvalue weighted by Crippen LogP contribution is 2.15. The van der Waals surface area contributed by atoms with E-state index in [1.807, 2.05) is 0 Å². The number of esters is 2. The van der Waals surface area contributed by atoms with E-state index in [9.17, 15) is 14.7 Å². The van der Waals surface area contributed by atoms with Gasteiger partial charge in [-0.2, -0.15) is 0 Å². The zero-order valence-corrected chi connectivity index (χ0v) is 48.7. The van der Waals surface area contributed by atoms with E-state index in [0.29, 0.717) is 12.8 Å². The number of hydrogen-bond donors (Lipinski definition) is 1. The molecule has 1 N–H and O–H groups in total. The van der Waals surface area contributed by atoms with Gasteiger partial charge in [0.25, 0.3) is 0 Å². The van der Waals surface area contributed by atoms with Gasteiger partial charge in [-0.15, -0.1) is 0 Å². The minimum atomic E-state index is -0.804. The first-order valence-electron chi connectivity index (χ1n) is 30.7. The van der Waals surface area contributed by atoms with Crippen molar-refractivity contribution in [3.63, 3.8) is 0 Å². The number of ether oxygens (including phenoxy) is 2. The molecule has 0 saturated carbocycles. The van der Waals surface area contributed by atoms with Gasteiger partial charge < -0.3 is 14.6 Å². The molecule has 1 atom stereocenters. The van der Waals surface area contributed by atoms with Crippen LogP contribution in [0.15, 0.2) is 170 Å². The average molecular weight is 1050 g/mol. The Morgan fingerprint density at radius 1 is 0.303 bits per heavy atom. The maximum atomic E-state index is 12.3. The second-order valence-corrected chi connectivity index (χ2v) is 19.7. The predicted molar refractivity (Wildman–Crippen MR) is 333 cm³/mol. The van der Waals surface area contributed by atoms with Crippen molar-refractivity contribution in [1.29, 1.82) is 0 Å². The molecule has 426 valence electrons. The molecule has 0 aromatic carbocycles. The molecule has 0 fully saturated rings. The van der Waals surface area contributed by atoms with Crippen molar-refractivity contribution in [2.24, 2.45) is 0 Å². The lowest BCUT2D eigenvalue weighted by atomic mass is 10.0. The minimum Gasteiger partial charge on any atom is -0.462 e. The average Bonchev–Trinajstić information content (AvgIpc) is 3.42. The summed E-state index contributed by atoms with van der Waals surface area (Å²) in [6.07, 6.45) is 100. The third-order valence-corrected chi connectivity index (χ3v) is 12.5. The van der Waals surface area contributed by atoms with E-state index in [0.717, 1.165) is 135 Å². The van der Waals surface area contributed by atoms with Crippen LogP contribution in [-0.2, 0) is 19.1 Å². The Kier molecular flexibility index (Phi) is 60.5. The summed E-state index contributed by atoms with van der Waals surface area (Å²) in [5.74, 6) is -0.638. The van der Waals surface area contributed by atoms with E-state index >= 15 is 0 Å². The fourth-order valence-corrected chi connectivity index (χ4v) is 7.99. The van der Waals surface area contributed by atoms with Gasteiger partial charge in [-0.1, -0.05) is 274 Å². The van der Waals surface area contributed by atoms with Crippen molar-refractivity contribution in [2.45, 2.75) is 251 Å². The number of rotatable bonds is 54. The monoisotopic (exact) mass is 1040 g/mol. The third-order valence-electron chi connectivity index (χ3n) is 12.5. The zero-order chi connectivity index (χ0) is 54.8. The quantitative estimate of drug-likeness (QED) is 0.0373. The predicted octanol–water partition coefficient (Wildman–Crippen LogP) is 21.3. The Bertz CT molecular complexity index is 1700. The van der Waals surface area contributed by atoms with E-state index in [4.69, 9.17) is 9.47 Å². The maximum absolute atomic E-state index is 12.3. The molecule has 0 aliphatic heterocycles. The van der Waals surface area contributed by atoms with E-state index < -0.39 is 6.10 Å². The van der Waals surface area contributed by atoms with E-state index in [1.54, 1.807) is 0 Å². The van der Waals surface area contributed by atoms with Gasteiger partial charge in [0.05, 0.1) is 6.61 Å². The summed E-state index contributed by atoms with van der Waals surface area (Å²) in [5.41, 5.74) is 0. The smallest absolute Gasteiger partial charge is 0.306 e. The first-order valence-corrected chi connectivity index (χ1v) is 30.7. The number of hydrogen-bond acceptors (Lipinski definition) is 5. The van der Waals surface area contributed by atoms with Gasteiger partial charge in [0, 0.05) is 12.8 Å². The molecule has 0 saturated heterocycles. The molecule has 0 aromatic heterocycles. The molecule has 0 bridgehead atoms. The van der Waals surface area contributed by atoms with Crippen molar-refractivity contribution >= 4 is 11.9 Å². The van der Waals surface area contributed by atoms with Crippen LogP contribution < -0.4 is 0 Å². The zero-order valence-electron chi connectivity index (χ0n) is 48.7. The standard InChI is InChI=1S/C71H112O5/c1-3-5-7-9-11-13-15-17-19-21-23-25-27-29-31-33-35-37-39-41-43-45-47-49-51-53-55-57-59-61-63-65-70(73)75-68-69(67-72)76-71(74)66-64-62-60-58-56-54-52-50-48-46-44-42-40-38-36-34-32-30-28-26-24-22-20-18-16-14-12-10-8-6-4-2/h5-8,11-14,17-20,23-26,29-32,36,38,42,44,48,50,54,56,69,72H,3-4,9-10,15-16,21-22,27-28,33-35,37,39-41,43,45-47,49,51-53,55,57-68H2,1-2H3/b7-5-,8-6-,13-11-,14-12-,19-17-,20-18-,25-23-,26-24-,31-29-,32-30-,38-36-,44-42-,50-48-,56-54-. The first kappa shape index (κ1) is 71.3. The largest absolute Gasteiger partial charge is 0.462 e. The molecule has 5 heteroatoms. The fourth-order valence-electron chi connectivity index (χ4n) is 7.99. The molecule has 5 nitrogen and oxygen atoms in total. The molecule has 0 aromatic rings. The maximum Gasteiger partial charge on any atom is 0.306 e. The van der Waals surface area contributed by atoms with Gasteiger partial charge >= 0.3 is 11.9 Å². The molecular weight excluding hydrogens is 933 g/mol. The van der Waals surface area contributed by atoms with Crippen LogP contribution in [0.5, 0.6) is 0 Å². The van der Waals surface area contributed by atoms with Crippen molar-refractivity contribution in [2.75, 3.05) is 13.2 Å². The molecule has 0 heterocycles. The summed E-state index contributed by atoms with van der Waals surface area (Å²) in [6.45, 7) is 3.88. The van der Waals surface area contributed by atoms with Crippen molar-refractivity contribution in [3.8, 4) is 0 Å². The molecule has 1 unspecified atom stereocenters. The third kappa shape index (κ3) is 61.8. The van der Waals surface area contributed by atoms with Crippen molar-refractivity contribution in [3.05, 3.63) is 170 Å². The Balaban J connectivity index is 3.61. The van der Waals surface area contributed by atoms with E-state index in [-0.39, 0.29) is 25.2 Å². The highest BCUT2D eigenvalue weighted by atomic mass is 16.6. The summed E-state index contributed by atoms with van der Waals surface area (Å²) < 4.78 is 10.7. The normalized spacial score (nSPS) is 13.5. The molecular formula is C71H112O5. The van der Waals surface area contributed by atoms with Crippen LogP contribution in [-0.4, -0.2) is 36.4 Å². The van der Waals surface area contributed by atoms with Crippen LogP contribution in [0.3, 0.4) is 0 Å². The molecule has 0 aliphatic rings. The van der Waals surface area contributed by atoms with Crippen molar-refractivity contribution < 1.29 is 24.2 Å². The van der Waals surface area contributed by atoms with Crippen molar-refractivity contribution in [1.82, 2.24) is 0 Å². The highest BCUT2D eigenvalue weighted by molar-refractivity contribution is 5.70. The van der Waals surface area contributed by atoms with Gasteiger partial charge in [-0.05, 0) is 128 Å². The summed E-state index contributed by atoms with van der Waals surface area (Å²) in [7, 11) is 0. The van der Waals surface area contributed by atoms with Crippen LogP contribution in [0.25, 0.3) is 0 Å². The van der Waals surface area contributed by atoms with Gasteiger partial charge in [-0.3, -0.25) is 9.59 Å². The summed E-state index contributed by atoms with van der Waals surface area (Å²) in [6, 6.07) is 0. The SMILES string of the molecule is CC/C=C\C/C=C\C/C=C\C/C=C\C/C=C\C/C=C\C/C=C\C/C=C\C/C=C\CCCCCC(=O)OC(CO)COC(=O)CCCCCCCCCCCCCCCCC/C=C\C/C=C\C/C=C\C/C=C\C/C=C\CC. The topological polar surface area (TPSA) is 72.8 Å². The first-order chi connectivity index (χ1) is 37.6. The van der Waals surface area contributed by atoms with Gasteiger partial charge in [0.2, 0.25) is 0 Å². The Morgan fingerprint density at radius 2 is 0.526 bits per heavy atom. The number of aliphatic hydroxyl groups excluding tert-OH is 1. The fraction of sp³-hybridized carbons (Fsp3) is 0.577. The van der Waals surface area contributed by atoms with E-state index in [1.165, 1.54) is 83.5 Å². The second kappa shape index (κ2) is 64.5. The van der Waals surface area contributed by atoms with Gasteiger partial charge in [-0.25, -0.2) is 0 Å². The Hall–Kier alpha value is -4.74. The molecule has 76 heavy (non-hydrogen) atoms. The summed E-state index contributed by atoms with van der Waals surface area (Å²) >= 11 is 0. The number of unbranched alkanes of at least 4 members (excludes halogenated alkanes) is 18. The lowest BCUT2D eigenvalue weighted by Gasteiger charge is -2.15. The van der Waals surface area contributed by atoms with Crippen LogP contribution in [0.2, 0.25) is 0 Å². The molecule has 0 spiro atoms. The molecule has 0 rings (SSSR count). The number of allylic oxidation sites excluding steroid dienone is 28.